The molecule has 3 nitrogen and oxygen atoms in total. The lowest BCUT2D eigenvalue weighted by molar-refractivity contribution is -0.141. The minimum Gasteiger partial charge on any atom is -0.428 e. The van der Waals surface area contributed by atoms with E-state index in [0.29, 0.717) is 13.1 Å². The number of benzene rings is 1. The lowest BCUT2D eigenvalue weighted by atomic mass is 9.91. The third-order valence-electron chi connectivity index (χ3n) is 4.02. The maximum Gasteiger partial charge on any atom is 0.436 e. The highest BCUT2D eigenvalue weighted by Crippen LogP contribution is 2.35. The Bertz CT molecular complexity index is 637. The number of nitrogens with zero attached hydrogens (tertiary/aromatic N) is 2. The summed E-state index contributed by atoms with van der Waals surface area (Å²) in [5, 5.41) is 0. The van der Waals surface area contributed by atoms with Gasteiger partial charge in [0, 0.05) is 19.0 Å². The molecule has 118 valence electrons. The number of hydrogen-bond donors (Lipinski definition) is 0. The van der Waals surface area contributed by atoms with Gasteiger partial charge in [0.25, 0.3) is 6.01 Å². The second-order valence-electron chi connectivity index (χ2n) is 5.59. The highest BCUT2D eigenvalue weighted by atomic mass is 19.4. The number of oxazole rings is 1. The molecular weight excluding hydrogens is 293 g/mol. The number of alkyl halides is 3. The van der Waals surface area contributed by atoms with Crippen molar-refractivity contribution in [1.82, 2.24) is 4.98 Å². The molecule has 1 aliphatic heterocycles. The van der Waals surface area contributed by atoms with Crippen LogP contribution in [0.1, 0.15) is 35.8 Å². The predicted octanol–water partition coefficient (Wildman–Crippen LogP) is 4.39. The molecule has 2 heterocycles. The van der Waals surface area contributed by atoms with Gasteiger partial charge in [-0.05, 0) is 25.3 Å². The summed E-state index contributed by atoms with van der Waals surface area (Å²) in [4.78, 5) is 5.48. The normalized spacial score (nSPS) is 19.5. The zero-order valence-corrected chi connectivity index (χ0v) is 12.2. The van der Waals surface area contributed by atoms with E-state index >= 15 is 0 Å². The van der Waals surface area contributed by atoms with Crippen LogP contribution in [0, 0.1) is 6.92 Å². The number of halogens is 3. The largest absolute Gasteiger partial charge is 0.436 e. The molecule has 0 spiro atoms. The average Bonchev–Trinajstić information content (AvgIpc) is 2.91. The summed E-state index contributed by atoms with van der Waals surface area (Å²) in [5.74, 6) is 0.112. The van der Waals surface area contributed by atoms with Crippen molar-refractivity contribution in [3.63, 3.8) is 0 Å². The molecule has 0 saturated carbocycles. The van der Waals surface area contributed by atoms with Crippen LogP contribution in [0.25, 0.3) is 0 Å². The number of piperidine rings is 1. The summed E-state index contributed by atoms with van der Waals surface area (Å²) < 4.78 is 43.7. The lowest BCUT2D eigenvalue weighted by Gasteiger charge is -2.31. The van der Waals surface area contributed by atoms with Gasteiger partial charge in [0.1, 0.15) is 5.76 Å². The Morgan fingerprint density at radius 2 is 1.95 bits per heavy atom. The van der Waals surface area contributed by atoms with Crippen molar-refractivity contribution in [2.24, 2.45) is 0 Å². The Balaban J connectivity index is 1.81. The van der Waals surface area contributed by atoms with E-state index in [1.165, 1.54) is 12.5 Å². The molecule has 22 heavy (non-hydrogen) atoms. The van der Waals surface area contributed by atoms with Crippen LogP contribution in [0.3, 0.4) is 0 Å². The van der Waals surface area contributed by atoms with E-state index < -0.39 is 11.9 Å². The van der Waals surface area contributed by atoms with Crippen molar-refractivity contribution in [2.45, 2.75) is 31.9 Å². The third kappa shape index (κ3) is 2.96. The van der Waals surface area contributed by atoms with E-state index in [1.807, 2.05) is 23.1 Å². The third-order valence-corrected chi connectivity index (χ3v) is 4.02. The van der Waals surface area contributed by atoms with E-state index in [2.05, 4.69) is 17.1 Å². The summed E-state index contributed by atoms with van der Waals surface area (Å²) in [6.45, 7) is 2.60. The number of anilines is 1. The molecule has 1 aromatic heterocycles. The van der Waals surface area contributed by atoms with Gasteiger partial charge in [-0.25, -0.2) is 0 Å². The summed E-state index contributed by atoms with van der Waals surface area (Å²) in [5.41, 5.74) is 0.274. The Morgan fingerprint density at radius 1 is 1.23 bits per heavy atom. The monoisotopic (exact) mass is 310 g/mol. The summed E-state index contributed by atoms with van der Waals surface area (Å²) in [6.07, 6.45) is -2.55. The fraction of sp³-hybridized carbons (Fsp3) is 0.438. The highest BCUT2D eigenvalue weighted by molar-refractivity contribution is 5.34. The van der Waals surface area contributed by atoms with E-state index in [0.717, 1.165) is 12.8 Å². The predicted molar refractivity (Wildman–Crippen MR) is 76.9 cm³/mol. The van der Waals surface area contributed by atoms with Gasteiger partial charge in [0.2, 0.25) is 0 Å². The first-order valence-corrected chi connectivity index (χ1v) is 7.29. The van der Waals surface area contributed by atoms with Gasteiger partial charge in [-0.1, -0.05) is 30.3 Å². The standard InChI is InChI=1S/C16H17F3N2O/c1-11-14(16(17,18)19)20-15(22-11)21-9-5-8-13(10-21)12-6-3-2-4-7-12/h2-4,6-7,13H,5,8-10H2,1H3. The van der Waals surface area contributed by atoms with Gasteiger partial charge in [-0.15, -0.1) is 0 Å². The van der Waals surface area contributed by atoms with Crippen molar-refractivity contribution >= 4 is 6.01 Å². The molecule has 1 aliphatic rings. The molecular formula is C16H17F3N2O. The molecule has 1 unspecified atom stereocenters. The molecule has 0 amide bonds. The fourth-order valence-electron chi connectivity index (χ4n) is 2.93. The van der Waals surface area contributed by atoms with Crippen LogP contribution >= 0.6 is 0 Å². The molecule has 1 saturated heterocycles. The van der Waals surface area contributed by atoms with Gasteiger partial charge >= 0.3 is 6.18 Å². The van der Waals surface area contributed by atoms with Crippen LogP contribution in [0.15, 0.2) is 34.7 Å². The minimum absolute atomic E-state index is 0.0745. The molecule has 1 atom stereocenters. The van der Waals surface area contributed by atoms with Crippen LogP contribution in [0.4, 0.5) is 19.2 Å². The van der Waals surface area contributed by atoms with Crippen molar-refractivity contribution in [3.8, 4) is 0 Å². The maximum atomic E-state index is 12.8. The van der Waals surface area contributed by atoms with Crippen LogP contribution in [-0.4, -0.2) is 18.1 Å². The molecule has 3 rings (SSSR count). The van der Waals surface area contributed by atoms with E-state index in [9.17, 15) is 13.2 Å². The Morgan fingerprint density at radius 3 is 2.59 bits per heavy atom. The second-order valence-corrected chi connectivity index (χ2v) is 5.59. The van der Waals surface area contributed by atoms with Gasteiger partial charge in [0.05, 0.1) is 0 Å². The van der Waals surface area contributed by atoms with Gasteiger partial charge in [0.15, 0.2) is 5.69 Å². The number of aromatic nitrogens is 1. The number of aryl methyl sites for hydroxylation is 1. The maximum absolute atomic E-state index is 12.8. The Hall–Kier alpha value is -1.98. The molecule has 0 radical (unpaired) electrons. The van der Waals surface area contributed by atoms with Crippen molar-refractivity contribution in [1.29, 1.82) is 0 Å². The smallest absolute Gasteiger partial charge is 0.428 e. The molecule has 0 N–H and O–H groups in total. The van der Waals surface area contributed by atoms with Crippen LogP contribution in [0.5, 0.6) is 0 Å². The first kappa shape index (κ1) is 14.9. The Kier molecular flexibility index (Phi) is 3.85. The first-order chi connectivity index (χ1) is 10.4. The van der Waals surface area contributed by atoms with Crippen LogP contribution in [-0.2, 0) is 6.18 Å². The topological polar surface area (TPSA) is 29.3 Å². The summed E-state index contributed by atoms with van der Waals surface area (Å²) in [6, 6.07) is 10.1. The molecule has 1 aromatic carbocycles. The average molecular weight is 310 g/mol. The quantitative estimate of drug-likeness (QED) is 0.824. The second kappa shape index (κ2) is 5.66. The van der Waals surface area contributed by atoms with Gasteiger partial charge in [-0.2, -0.15) is 18.2 Å². The summed E-state index contributed by atoms with van der Waals surface area (Å²) >= 11 is 0. The SMILES string of the molecule is Cc1oc(N2CCCC(c3ccccc3)C2)nc1C(F)(F)F. The molecule has 6 heteroatoms. The van der Waals surface area contributed by atoms with Crippen molar-refractivity contribution in [3.05, 3.63) is 47.3 Å². The van der Waals surface area contributed by atoms with E-state index in [-0.39, 0.29) is 17.7 Å². The number of hydrogen-bond acceptors (Lipinski definition) is 3. The molecule has 1 fully saturated rings. The first-order valence-electron chi connectivity index (χ1n) is 7.29. The molecule has 2 aromatic rings. The molecule has 0 aliphatic carbocycles. The molecule has 0 bridgehead atoms. The zero-order valence-electron chi connectivity index (χ0n) is 12.2. The zero-order chi connectivity index (χ0) is 15.7. The lowest BCUT2D eigenvalue weighted by Crippen LogP contribution is -2.34. The van der Waals surface area contributed by atoms with E-state index in [1.54, 1.807) is 0 Å². The van der Waals surface area contributed by atoms with Gasteiger partial charge in [-0.3, -0.25) is 0 Å². The minimum atomic E-state index is -4.47. The van der Waals surface area contributed by atoms with Crippen molar-refractivity contribution in [2.75, 3.05) is 18.0 Å². The van der Waals surface area contributed by atoms with Gasteiger partial charge < -0.3 is 9.32 Å². The summed E-state index contributed by atoms with van der Waals surface area (Å²) in [7, 11) is 0. The van der Waals surface area contributed by atoms with E-state index in [4.69, 9.17) is 4.42 Å². The number of rotatable bonds is 2. The fourth-order valence-corrected chi connectivity index (χ4v) is 2.93. The van der Waals surface area contributed by atoms with Crippen LogP contribution in [0.2, 0.25) is 0 Å². The Labute approximate surface area is 126 Å². The highest BCUT2D eigenvalue weighted by Gasteiger charge is 2.38. The van der Waals surface area contributed by atoms with Crippen molar-refractivity contribution < 1.29 is 17.6 Å². The van der Waals surface area contributed by atoms with Crippen LogP contribution < -0.4 is 4.90 Å².